The molecule has 1 saturated heterocycles. The van der Waals surface area contributed by atoms with E-state index < -0.39 is 0 Å². The number of benzene rings is 1. The summed E-state index contributed by atoms with van der Waals surface area (Å²) in [6.07, 6.45) is 0.908. The fourth-order valence-electron chi connectivity index (χ4n) is 2.19. The standard InChI is InChI=1S/C15H22N2O3/c1-19-7-8-20-11-12-3-2-4-14(9-12)17-15(18)13-5-6-16-10-13/h2-4,9,13,16H,5-8,10-11H2,1H3,(H,17,18). The van der Waals surface area contributed by atoms with Gasteiger partial charge in [0, 0.05) is 19.3 Å². The molecule has 1 aromatic carbocycles. The number of rotatable bonds is 7. The fourth-order valence-corrected chi connectivity index (χ4v) is 2.19. The molecular formula is C15H22N2O3. The van der Waals surface area contributed by atoms with Crippen LogP contribution in [-0.2, 0) is 20.9 Å². The predicted molar refractivity (Wildman–Crippen MR) is 77.6 cm³/mol. The molecule has 0 aliphatic carbocycles. The summed E-state index contributed by atoms with van der Waals surface area (Å²) in [7, 11) is 1.65. The molecule has 5 nitrogen and oxygen atoms in total. The third-order valence-electron chi connectivity index (χ3n) is 3.33. The molecule has 1 atom stereocenters. The Labute approximate surface area is 119 Å². The molecule has 1 unspecified atom stereocenters. The first-order valence-electron chi connectivity index (χ1n) is 6.97. The fraction of sp³-hybridized carbons (Fsp3) is 0.533. The number of hydrogen-bond acceptors (Lipinski definition) is 4. The minimum atomic E-state index is 0.0802. The number of carbonyl (C=O) groups is 1. The van der Waals surface area contributed by atoms with Crippen LogP contribution in [0.5, 0.6) is 0 Å². The third kappa shape index (κ3) is 4.59. The van der Waals surface area contributed by atoms with Crippen LogP contribution in [-0.4, -0.2) is 39.3 Å². The lowest BCUT2D eigenvalue weighted by Crippen LogP contribution is -2.24. The van der Waals surface area contributed by atoms with Gasteiger partial charge in [-0.05, 0) is 30.7 Å². The number of ether oxygens (including phenoxy) is 2. The second kappa shape index (κ2) is 7.99. The minimum Gasteiger partial charge on any atom is -0.382 e. The summed E-state index contributed by atoms with van der Waals surface area (Å²) in [5.41, 5.74) is 1.87. The molecule has 0 spiro atoms. The van der Waals surface area contributed by atoms with Crippen LogP contribution in [0, 0.1) is 5.92 Å². The smallest absolute Gasteiger partial charge is 0.228 e. The van der Waals surface area contributed by atoms with Gasteiger partial charge in [-0.2, -0.15) is 0 Å². The summed E-state index contributed by atoms with van der Waals surface area (Å²) in [6.45, 7) is 3.38. The summed E-state index contributed by atoms with van der Waals surface area (Å²) in [5.74, 6) is 0.170. The van der Waals surface area contributed by atoms with E-state index in [9.17, 15) is 4.79 Å². The van der Waals surface area contributed by atoms with Crippen molar-refractivity contribution in [2.45, 2.75) is 13.0 Å². The summed E-state index contributed by atoms with van der Waals surface area (Å²) in [4.78, 5) is 12.0. The van der Waals surface area contributed by atoms with Crippen molar-refractivity contribution in [1.82, 2.24) is 5.32 Å². The van der Waals surface area contributed by atoms with Crippen molar-refractivity contribution in [3.8, 4) is 0 Å². The van der Waals surface area contributed by atoms with E-state index in [0.29, 0.717) is 19.8 Å². The lowest BCUT2D eigenvalue weighted by molar-refractivity contribution is -0.119. The van der Waals surface area contributed by atoms with E-state index in [-0.39, 0.29) is 11.8 Å². The van der Waals surface area contributed by atoms with Crippen molar-refractivity contribution >= 4 is 11.6 Å². The highest BCUT2D eigenvalue weighted by atomic mass is 16.5. The van der Waals surface area contributed by atoms with Gasteiger partial charge in [-0.3, -0.25) is 4.79 Å². The number of carbonyl (C=O) groups excluding carboxylic acids is 1. The van der Waals surface area contributed by atoms with Crippen molar-refractivity contribution < 1.29 is 14.3 Å². The molecule has 110 valence electrons. The molecule has 1 aliphatic heterocycles. The number of amides is 1. The average Bonchev–Trinajstić information content (AvgIpc) is 2.98. The van der Waals surface area contributed by atoms with Gasteiger partial charge in [0.05, 0.1) is 25.7 Å². The van der Waals surface area contributed by atoms with Crippen LogP contribution in [0.25, 0.3) is 0 Å². The van der Waals surface area contributed by atoms with E-state index in [0.717, 1.165) is 30.8 Å². The van der Waals surface area contributed by atoms with Crippen molar-refractivity contribution in [3.05, 3.63) is 29.8 Å². The third-order valence-corrected chi connectivity index (χ3v) is 3.33. The molecule has 2 rings (SSSR count). The Morgan fingerprint density at radius 1 is 1.45 bits per heavy atom. The molecular weight excluding hydrogens is 256 g/mol. The summed E-state index contributed by atoms with van der Waals surface area (Å²) in [6, 6.07) is 7.77. The second-order valence-corrected chi connectivity index (χ2v) is 4.92. The first-order valence-corrected chi connectivity index (χ1v) is 6.97. The second-order valence-electron chi connectivity index (χ2n) is 4.92. The van der Waals surface area contributed by atoms with Crippen LogP contribution in [0.3, 0.4) is 0 Å². The summed E-state index contributed by atoms with van der Waals surface area (Å²) >= 11 is 0. The van der Waals surface area contributed by atoms with E-state index in [1.54, 1.807) is 7.11 Å². The van der Waals surface area contributed by atoms with E-state index in [1.165, 1.54) is 0 Å². The van der Waals surface area contributed by atoms with Gasteiger partial charge in [-0.25, -0.2) is 0 Å². The Bertz CT molecular complexity index is 431. The molecule has 0 aromatic heterocycles. The zero-order valence-electron chi connectivity index (χ0n) is 11.9. The SMILES string of the molecule is COCCOCc1cccc(NC(=O)C2CCNC2)c1. The highest BCUT2D eigenvalue weighted by Gasteiger charge is 2.22. The van der Waals surface area contributed by atoms with Gasteiger partial charge in [-0.1, -0.05) is 12.1 Å². The number of methoxy groups -OCH3 is 1. The Hall–Kier alpha value is -1.43. The van der Waals surface area contributed by atoms with Crippen molar-refractivity contribution in [2.75, 3.05) is 38.7 Å². The van der Waals surface area contributed by atoms with Crippen molar-refractivity contribution in [1.29, 1.82) is 0 Å². The molecule has 5 heteroatoms. The molecule has 0 saturated carbocycles. The summed E-state index contributed by atoms with van der Waals surface area (Å²) < 4.78 is 10.4. The van der Waals surface area contributed by atoms with Crippen LogP contribution in [0.1, 0.15) is 12.0 Å². The van der Waals surface area contributed by atoms with Crippen LogP contribution >= 0.6 is 0 Å². The zero-order chi connectivity index (χ0) is 14.2. The Morgan fingerprint density at radius 3 is 3.10 bits per heavy atom. The molecule has 1 aliphatic rings. The quantitative estimate of drug-likeness (QED) is 0.740. The lowest BCUT2D eigenvalue weighted by atomic mass is 10.1. The van der Waals surface area contributed by atoms with Gasteiger partial charge in [-0.15, -0.1) is 0 Å². The van der Waals surface area contributed by atoms with Crippen LogP contribution in [0.4, 0.5) is 5.69 Å². The number of hydrogen-bond donors (Lipinski definition) is 2. The van der Waals surface area contributed by atoms with Gasteiger partial charge < -0.3 is 20.1 Å². The van der Waals surface area contributed by atoms with Crippen LogP contribution in [0.2, 0.25) is 0 Å². The Morgan fingerprint density at radius 2 is 2.35 bits per heavy atom. The number of anilines is 1. The molecule has 1 fully saturated rings. The lowest BCUT2D eigenvalue weighted by Gasteiger charge is -2.11. The molecule has 0 radical (unpaired) electrons. The monoisotopic (exact) mass is 278 g/mol. The number of nitrogens with one attached hydrogen (secondary N) is 2. The van der Waals surface area contributed by atoms with Gasteiger partial charge in [0.25, 0.3) is 0 Å². The molecule has 1 aromatic rings. The van der Waals surface area contributed by atoms with E-state index in [1.807, 2.05) is 24.3 Å². The Balaban J connectivity index is 1.83. The highest BCUT2D eigenvalue weighted by molar-refractivity contribution is 5.92. The average molecular weight is 278 g/mol. The molecule has 20 heavy (non-hydrogen) atoms. The van der Waals surface area contributed by atoms with Gasteiger partial charge in [0.2, 0.25) is 5.91 Å². The first-order chi connectivity index (χ1) is 9.79. The predicted octanol–water partition coefficient (Wildman–Crippen LogP) is 1.40. The van der Waals surface area contributed by atoms with Crippen LogP contribution in [0.15, 0.2) is 24.3 Å². The molecule has 0 bridgehead atoms. The minimum absolute atomic E-state index is 0.0802. The highest BCUT2D eigenvalue weighted by Crippen LogP contribution is 2.15. The molecule has 2 N–H and O–H groups in total. The normalized spacial score (nSPS) is 18.1. The van der Waals surface area contributed by atoms with Gasteiger partial charge >= 0.3 is 0 Å². The maximum absolute atomic E-state index is 12.0. The van der Waals surface area contributed by atoms with Crippen LogP contribution < -0.4 is 10.6 Å². The molecule has 1 amide bonds. The van der Waals surface area contributed by atoms with Gasteiger partial charge in [0.1, 0.15) is 0 Å². The van der Waals surface area contributed by atoms with Crippen molar-refractivity contribution in [3.63, 3.8) is 0 Å². The molecule has 1 heterocycles. The first kappa shape index (κ1) is 15.0. The topological polar surface area (TPSA) is 59.6 Å². The van der Waals surface area contributed by atoms with Crippen molar-refractivity contribution in [2.24, 2.45) is 5.92 Å². The van der Waals surface area contributed by atoms with E-state index in [4.69, 9.17) is 9.47 Å². The van der Waals surface area contributed by atoms with E-state index in [2.05, 4.69) is 10.6 Å². The summed E-state index contributed by atoms with van der Waals surface area (Å²) in [5, 5.41) is 6.16. The van der Waals surface area contributed by atoms with Gasteiger partial charge in [0.15, 0.2) is 0 Å². The van der Waals surface area contributed by atoms with E-state index >= 15 is 0 Å². The largest absolute Gasteiger partial charge is 0.382 e. The maximum Gasteiger partial charge on any atom is 0.228 e. The zero-order valence-corrected chi connectivity index (χ0v) is 11.9. The maximum atomic E-state index is 12.0. The Kier molecular flexibility index (Phi) is 5.98.